The van der Waals surface area contributed by atoms with Gasteiger partial charge in [-0.2, -0.15) is 0 Å². The number of likely N-dealkylation sites (tertiary alicyclic amines) is 1. The highest BCUT2D eigenvalue weighted by atomic mass is 79.9. The van der Waals surface area contributed by atoms with Crippen molar-refractivity contribution in [2.75, 3.05) is 13.1 Å². The first-order valence-electron chi connectivity index (χ1n) is 8.75. The first-order chi connectivity index (χ1) is 12.0. The monoisotopic (exact) mass is 401 g/mol. The van der Waals surface area contributed by atoms with E-state index in [-0.39, 0.29) is 12.0 Å². The minimum atomic E-state index is -0.663. The number of piperidine rings is 1. The summed E-state index contributed by atoms with van der Waals surface area (Å²) in [6.07, 6.45) is 1.42. The Hall–Kier alpha value is -1.65. The third-order valence-corrected chi connectivity index (χ3v) is 5.73. The van der Waals surface area contributed by atoms with Gasteiger partial charge in [-0.05, 0) is 57.0 Å². The van der Waals surface area contributed by atoms with Gasteiger partial charge in [0, 0.05) is 4.47 Å². The summed E-state index contributed by atoms with van der Waals surface area (Å²) in [7, 11) is 0. The van der Waals surface area contributed by atoms with Gasteiger partial charge in [-0.3, -0.25) is 9.69 Å². The Morgan fingerprint density at radius 1 is 1.12 bits per heavy atom. The van der Waals surface area contributed by atoms with E-state index >= 15 is 0 Å². The second-order valence-corrected chi connectivity index (χ2v) is 7.85. The van der Waals surface area contributed by atoms with Crippen molar-refractivity contribution in [3.8, 4) is 0 Å². The number of carboxylic acids is 1. The van der Waals surface area contributed by atoms with Crippen molar-refractivity contribution in [2.45, 2.75) is 32.7 Å². The van der Waals surface area contributed by atoms with E-state index in [1.807, 2.05) is 6.07 Å². The van der Waals surface area contributed by atoms with E-state index in [1.54, 1.807) is 0 Å². The van der Waals surface area contributed by atoms with Crippen molar-refractivity contribution in [3.63, 3.8) is 0 Å². The van der Waals surface area contributed by atoms with Crippen LogP contribution in [0.1, 0.15) is 41.1 Å². The molecule has 132 valence electrons. The number of benzene rings is 2. The minimum absolute atomic E-state index is 0.143. The van der Waals surface area contributed by atoms with E-state index in [4.69, 9.17) is 0 Å². The van der Waals surface area contributed by atoms with Crippen LogP contribution in [0.15, 0.2) is 46.9 Å². The van der Waals surface area contributed by atoms with Crippen molar-refractivity contribution >= 4 is 21.9 Å². The Morgan fingerprint density at radius 3 is 2.28 bits per heavy atom. The number of aryl methyl sites for hydroxylation is 2. The fraction of sp³-hybridized carbons (Fsp3) is 0.381. The maximum Gasteiger partial charge on any atom is 0.306 e. The maximum absolute atomic E-state index is 11.3. The molecular weight excluding hydrogens is 378 g/mol. The molecule has 1 aliphatic heterocycles. The standard InChI is InChI=1S/C21H24BrNO2/c1-14-11-15(2)13-17(12-14)20(18-5-3-4-6-19(18)22)23-9-7-16(8-10-23)21(24)25/h3-6,11-13,16,20H,7-10H2,1-2H3,(H,24,25). The average Bonchev–Trinajstić information content (AvgIpc) is 2.56. The summed E-state index contributed by atoms with van der Waals surface area (Å²) in [5.74, 6) is -0.876. The Kier molecular flexibility index (Phi) is 5.60. The SMILES string of the molecule is Cc1cc(C)cc(C(c2ccccc2Br)N2CCC(C(=O)O)CC2)c1. The maximum atomic E-state index is 11.3. The molecule has 0 amide bonds. The van der Waals surface area contributed by atoms with Crippen LogP contribution in [-0.2, 0) is 4.79 Å². The molecule has 0 aromatic heterocycles. The van der Waals surface area contributed by atoms with Crippen LogP contribution in [0.25, 0.3) is 0 Å². The third kappa shape index (κ3) is 4.13. The van der Waals surface area contributed by atoms with Crippen LogP contribution in [0.5, 0.6) is 0 Å². The molecule has 1 atom stereocenters. The Bertz CT molecular complexity index is 746. The molecule has 1 N–H and O–H groups in total. The smallest absolute Gasteiger partial charge is 0.306 e. The van der Waals surface area contributed by atoms with Gasteiger partial charge in [0.1, 0.15) is 0 Å². The van der Waals surface area contributed by atoms with Gasteiger partial charge in [0.15, 0.2) is 0 Å². The van der Waals surface area contributed by atoms with Crippen LogP contribution >= 0.6 is 15.9 Å². The molecule has 2 aromatic carbocycles. The highest BCUT2D eigenvalue weighted by molar-refractivity contribution is 9.10. The predicted molar refractivity (Wildman–Crippen MR) is 104 cm³/mol. The second-order valence-electron chi connectivity index (χ2n) is 6.99. The zero-order valence-corrected chi connectivity index (χ0v) is 16.3. The Labute approximate surface area is 157 Å². The third-order valence-electron chi connectivity index (χ3n) is 5.00. The number of aliphatic carboxylic acids is 1. The van der Waals surface area contributed by atoms with E-state index in [9.17, 15) is 9.90 Å². The Morgan fingerprint density at radius 2 is 1.72 bits per heavy atom. The number of rotatable bonds is 4. The van der Waals surface area contributed by atoms with E-state index in [0.29, 0.717) is 12.8 Å². The molecule has 0 saturated carbocycles. The fourth-order valence-corrected chi connectivity index (χ4v) is 4.36. The lowest BCUT2D eigenvalue weighted by atomic mass is 9.90. The first kappa shape index (κ1) is 18.2. The van der Waals surface area contributed by atoms with E-state index in [0.717, 1.165) is 17.6 Å². The van der Waals surface area contributed by atoms with Crippen LogP contribution in [0.4, 0.5) is 0 Å². The summed E-state index contributed by atoms with van der Waals surface area (Å²) >= 11 is 3.71. The Balaban J connectivity index is 1.98. The molecule has 1 aliphatic rings. The second kappa shape index (κ2) is 7.71. The molecule has 1 saturated heterocycles. The van der Waals surface area contributed by atoms with Gasteiger partial charge in [0.05, 0.1) is 12.0 Å². The van der Waals surface area contributed by atoms with Crippen molar-refractivity contribution in [3.05, 3.63) is 69.2 Å². The lowest BCUT2D eigenvalue weighted by Gasteiger charge is -2.37. The van der Waals surface area contributed by atoms with Crippen molar-refractivity contribution in [2.24, 2.45) is 5.92 Å². The number of carboxylic acid groups (broad SMARTS) is 1. The zero-order valence-electron chi connectivity index (χ0n) is 14.7. The molecule has 3 rings (SSSR count). The zero-order chi connectivity index (χ0) is 18.0. The summed E-state index contributed by atoms with van der Waals surface area (Å²) in [5, 5.41) is 9.29. The molecule has 0 bridgehead atoms. The van der Waals surface area contributed by atoms with Gasteiger partial charge in [0.2, 0.25) is 0 Å². The van der Waals surface area contributed by atoms with Gasteiger partial charge in [-0.25, -0.2) is 0 Å². The summed E-state index contributed by atoms with van der Waals surface area (Å²) in [5.41, 5.74) is 5.03. The van der Waals surface area contributed by atoms with Gasteiger partial charge in [0.25, 0.3) is 0 Å². The van der Waals surface area contributed by atoms with Crippen LogP contribution in [0.2, 0.25) is 0 Å². The number of carbonyl (C=O) groups is 1. The molecule has 1 heterocycles. The lowest BCUT2D eigenvalue weighted by molar-refractivity contribution is -0.143. The van der Waals surface area contributed by atoms with Crippen molar-refractivity contribution in [1.29, 1.82) is 0 Å². The summed E-state index contributed by atoms with van der Waals surface area (Å²) in [6, 6.07) is 15.2. The molecule has 0 spiro atoms. The number of nitrogens with zero attached hydrogens (tertiary/aromatic N) is 1. The molecule has 0 radical (unpaired) electrons. The molecule has 0 aliphatic carbocycles. The van der Waals surface area contributed by atoms with Gasteiger partial charge in [-0.1, -0.05) is 63.5 Å². The molecule has 1 fully saturated rings. The minimum Gasteiger partial charge on any atom is -0.481 e. The summed E-state index contributed by atoms with van der Waals surface area (Å²) < 4.78 is 1.10. The number of hydrogen-bond acceptors (Lipinski definition) is 2. The normalized spacial score (nSPS) is 17.4. The van der Waals surface area contributed by atoms with Gasteiger partial charge >= 0.3 is 5.97 Å². The average molecular weight is 402 g/mol. The van der Waals surface area contributed by atoms with Gasteiger partial charge in [-0.15, -0.1) is 0 Å². The predicted octanol–water partition coefficient (Wildman–Crippen LogP) is 4.95. The topological polar surface area (TPSA) is 40.5 Å². The first-order valence-corrected chi connectivity index (χ1v) is 9.54. The molecular formula is C21H24BrNO2. The highest BCUT2D eigenvalue weighted by Crippen LogP contribution is 2.36. The summed E-state index contributed by atoms with van der Waals surface area (Å²) in [4.78, 5) is 13.7. The van der Waals surface area contributed by atoms with Crippen LogP contribution in [0.3, 0.4) is 0 Å². The summed E-state index contributed by atoms with van der Waals surface area (Å²) in [6.45, 7) is 5.86. The van der Waals surface area contributed by atoms with Crippen LogP contribution < -0.4 is 0 Å². The van der Waals surface area contributed by atoms with Crippen LogP contribution in [-0.4, -0.2) is 29.1 Å². The molecule has 2 aromatic rings. The van der Waals surface area contributed by atoms with E-state index in [1.165, 1.54) is 22.3 Å². The van der Waals surface area contributed by atoms with E-state index < -0.39 is 5.97 Å². The number of halogens is 1. The molecule has 25 heavy (non-hydrogen) atoms. The molecule has 4 heteroatoms. The van der Waals surface area contributed by atoms with E-state index in [2.05, 4.69) is 71.1 Å². The van der Waals surface area contributed by atoms with Crippen LogP contribution in [0, 0.1) is 19.8 Å². The molecule has 1 unspecified atom stereocenters. The quantitative estimate of drug-likeness (QED) is 0.787. The van der Waals surface area contributed by atoms with Crippen molar-refractivity contribution < 1.29 is 9.90 Å². The largest absolute Gasteiger partial charge is 0.481 e. The number of hydrogen-bond donors (Lipinski definition) is 1. The van der Waals surface area contributed by atoms with Gasteiger partial charge < -0.3 is 5.11 Å². The van der Waals surface area contributed by atoms with Crippen molar-refractivity contribution in [1.82, 2.24) is 4.90 Å². The fourth-order valence-electron chi connectivity index (χ4n) is 3.86. The highest BCUT2D eigenvalue weighted by Gasteiger charge is 2.31. The molecule has 3 nitrogen and oxygen atoms in total. The lowest BCUT2D eigenvalue weighted by Crippen LogP contribution is -2.39.